The van der Waals surface area contributed by atoms with Crippen molar-refractivity contribution in [3.8, 4) is 0 Å². The Bertz CT molecular complexity index is 1020. The Morgan fingerprint density at radius 1 is 0.434 bits per heavy atom. The molecule has 0 aromatic carbocycles. The molecular formula is C42H78N2O7PW. The SMILES string of the molecule is CCCCCCCCCCCCCCCC[n+]1ccccc1.CCCCCCCCCCCCCCCC[n+]1ccccc1.O=P([O-])([O-])O.[O]=[W](=[O])[OH]. The van der Waals surface area contributed by atoms with Gasteiger partial charge in [-0.15, -0.1) is 0 Å². The maximum absolute atomic E-state index is 8.72. The number of hydrogen-bond acceptors (Lipinski definition) is 5. The van der Waals surface area contributed by atoms with Gasteiger partial charge in [0, 0.05) is 37.1 Å². The van der Waals surface area contributed by atoms with Crippen molar-refractivity contribution in [1.29, 1.82) is 0 Å². The minimum absolute atomic E-state index is 1.18. The van der Waals surface area contributed by atoms with Crippen molar-refractivity contribution in [2.75, 3.05) is 0 Å². The number of hydrogen-bond donors (Lipinski definition) is 2. The number of aromatic nitrogens is 2. The molecule has 0 atom stereocenters. The topological polar surface area (TPSA) is 146 Å². The molecule has 2 aromatic rings. The molecule has 2 rings (SSSR count). The van der Waals surface area contributed by atoms with Crippen LogP contribution < -0.4 is 18.9 Å². The van der Waals surface area contributed by atoms with Gasteiger partial charge in [-0.05, 0) is 12.8 Å². The van der Waals surface area contributed by atoms with Crippen molar-refractivity contribution in [2.45, 2.75) is 207 Å². The van der Waals surface area contributed by atoms with E-state index in [1.165, 1.54) is 193 Å². The number of nitrogens with zero attached hydrogens (tertiary/aromatic N) is 2. The van der Waals surface area contributed by atoms with Gasteiger partial charge in [0.15, 0.2) is 24.8 Å². The molecule has 9 nitrogen and oxygen atoms in total. The molecule has 0 unspecified atom stereocenters. The van der Waals surface area contributed by atoms with E-state index in [4.69, 9.17) is 29.8 Å². The van der Waals surface area contributed by atoms with E-state index in [2.05, 4.69) is 84.2 Å². The molecule has 0 fully saturated rings. The molecule has 0 saturated heterocycles. The van der Waals surface area contributed by atoms with Gasteiger partial charge in [0.05, 0.1) is 7.82 Å². The van der Waals surface area contributed by atoms with E-state index in [9.17, 15) is 0 Å². The molecule has 0 saturated carbocycles. The second-order valence-corrected chi connectivity index (χ2v) is 16.6. The van der Waals surface area contributed by atoms with Crippen LogP contribution in [0.25, 0.3) is 0 Å². The maximum atomic E-state index is 8.72. The Labute approximate surface area is 330 Å². The van der Waals surface area contributed by atoms with E-state index in [1.807, 2.05) is 0 Å². The van der Waals surface area contributed by atoms with Gasteiger partial charge in [-0.25, -0.2) is 9.13 Å². The van der Waals surface area contributed by atoms with Crippen molar-refractivity contribution < 1.29 is 56.6 Å². The number of rotatable bonds is 30. The average Bonchev–Trinajstić information content (AvgIpc) is 3.12. The van der Waals surface area contributed by atoms with Crippen molar-refractivity contribution in [2.24, 2.45) is 0 Å². The van der Waals surface area contributed by atoms with E-state index < -0.39 is 25.4 Å². The fraction of sp³-hybridized carbons (Fsp3) is 0.762. The van der Waals surface area contributed by atoms with Gasteiger partial charge in [-0.2, -0.15) is 0 Å². The molecule has 0 radical (unpaired) electrons. The van der Waals surface area contributed by atoms with Crippen LogP contribution in [0.3, 0.4) is 0 Å². The zero-order valence-electron chi connectivity index (χ0n) is 33.7. The number of unbranched alkanes of at least 4 members (excludes halogenated alkanes) is 26. The zero-order chi connectivity index (χ0) is 39.5. The van der Waals surface area contributed by atoms with Gasteiger partial charge < -0.3 is 19.2 Å². The van der Waals surface area contributed by atoms with Crippen molar-refractivity contribution >= 4 is 7.82 Å². The molecule has 0 aliphatic carbocycles. The molecular weight excluding hydrogens is 859 g/mol. The molecule has 11 heteroatoms. The molecule has 0 aliphatic heterocycles. The van der Waals surface area contributed by atoms with Crippen LogP contribution in [0.15, 0.2) is 61.2 Å². The van der Waals surface area contributed by atoms with Crippen LogP contribution in [0.4, 0.5) is 0 Å². The molecule has 0 aliphatic rings. The summed E-state index contributed by atoms with van der Waals surface area (Å²) in [5.41, 5.74) is 0. The third-order valence-electron chi connectivity index (χ3n) is 9.09. The summed E-state index contributed by atoms with van der Waals surface area (Å²) in [4.78, 5) is 24.3. The molecule has 0 spiro atoms. The van der Waals surface area contributed by atoms with Gasteiger partial charge in [-0.1, -0.05) is 180 Å². The molecule has 2 aromatic heterocycles. The van der Waals surface area contributed by atoms with Gasteiger partial charge in [0.25, 0.3) is 0 Å². The quantitative estimate of drug-likeness (QED) is 0.0451. The standard InChI is InChI=1S/2C21H38N.H3O4P.H2O.2O.W/c2*1-2-3-4-5-6-7-8-9-10-11-12-13-14-16-19-22-20-17-15-18-21-22;1-5(2,3)4;;;;/h2*15,17-18,20-21H,2-14,16,19H2,1H3;(H3,1,2,3,4);1H2;;;/q2*+1;;;;;+1/p-3. The summed E-state index contributed by atoms with van der Waals surface area (Å²) in [6.45, 7) is 6.94. The van der Waals surface area contributed by atoms with Gasteiger partial charge in [-0.3, -0.25) is 0 Å². The van der Waals surface area contributed by atoms with Crippen LogP contribution in [-0.2, 0) is 42.1 Å². The zero-order valence-corrected chi connectivity index (χ0v) is 37.5. The van der Waals surface area contributed by atoms with E-state index >= 15 is 0 Å². The second kappa shape index (κ2) is 43.4. The molecule has 2 heterocycles. The number of pyridine rings is 2. The monoisotopic (exact) mass is 938 g/mol. The predicted octanol–water partition coefficient (Wildman–Crippen LogP) is 9.92. The summed E-state index contributed by atoms with van der Waals surface area (Å²) in [7, 11) is -5.14. The van der Waals surface area contributed by atoms with Crippen LogP contribution in [0, 0.1) is 0 Å². The summed E-state index contributed by atoms with van der Waals surface area (Å²) < 4.78 is 37.8. The second-order valence-electron chi connectivity index (χ2n) is 14.1. The third kappa shape index (κ3) is 55.1. The van der Waals surface area contributed by atoms with E-state index in [1.54, 1.807) is 0 Å². The van der Waals surface area contributed by atoms with Crippen molar-refractivity contribution in [1.82, 2.24) is 0 Å². The molecule has 309 valence electrons. The predicted molar refractivity (Wildman–Crippen MR) is 207 cm³/mol. The Hall–Kier alpha value is -1.34. The average molecular weight is 938 g/mol. The number of phosphoric acid groups is 1. The Kier molecular flexibility index (Phi) is 44.0. The molecule has 53 heavy (non-hydrogen) atoms. The van der Waals surface area contributed by atoms with Gasteiger partial charge >= 0.3 is 28.2 Å². The van der Waals surface area contributed by atoms with E-state index in [0.29, 0.717) is 0 Å². The molecule has 0 amide bonds. The Balaban J connectivity index is 0. The summed E-state index contributed by atoms with van der Waals surface area (Å²) in [5, 5.41) is 0. The summed E-state index contributed by atoms with van der Waals surface area (Å²) >= 11 is -4.03. The molecule has 2 N–H and O–H groups in total. The van der Waals surface area contributed by atoms with E-state index in [-0.39, 0.29) is 0 Å². The normalized spacial score (nSPS) is 10.7. The van der Waals surface area contributed by atoms with Gasteiger partial charge in [0.2, 0.25) is 0 Å². The number of aryl methyl sites for hydroxylation is 2. The van der Waals surface area contributed by atoms with E-state index in [0.717, 1.165) is 0 Å². The van der Waals surface area contributed by atoms with Crippen LogP contribution in [0.5, 0.6) is 0 Å². The third-order valence-corrected chi connectivity index (χ3v) is 9.09. The fourth-order valence-electron chi connectivity index (χ4n) is 6.14. The van der Waals surface area contributed by atoms with Crippen molar-refractivity contribution in [3.05, 3.63) is 61.2 Å². The van der Waals surface area contributed by atoms with Gasteiger partial charge in [0.1, 0.15) is 13.1 Å². The summed E-state index contributed by atoms with van der Waals surface area (Å²) in [5.74, 6) is 0. The first-order valence-corrected chi connectivity index (χ1v) is 26.2. The fourth-order valence-corrected chi connectivity index (χ4v) is 6.14. The van der Waals surface area contributed by atoms with Crippen molar-refractivity contribution in [3.63, 3.8) is 0 Å². The van der Waals surface area contributed by atoms with Crippen LogP contribution in [0.2, 0.25) is 0 Å². The summed E-state index contributed by atoms with van der Waals surface area (Å²) in [6, 6.07) is 12.6. The van der Waals surface area contributed by atoms with Crippen LogP contribution in [-0.4, -0.2) is 8.65 Å². The Morgan fingerprint density at radius 2 is 0.604 bits per heavy atom. The van der Waals surface area contributed by atoms with Crippen LogP contribution >= 0.6 is 7.82 Å². The first-order chi connectivity index (χ1) is 25.6. The first-order valence-electron chi connectivity index (χ1n) is 21.0. The molecule has 0 bridgehead atoms. The first kappa shape index (κ1) is 53.8. The minimum atomic E-state index is -5.14. The summed E-state index contributed by atoms with van der Waals surface area (Å²) in [6.07, 6.45) is 48.8. The van der Waals surface area contributed by atoms with Crippen LogP contribution in [0.1, 0.15) is 194 Å². The Morgan fingerprint density at radius 3 is 0.792 bits per heavy atom.